The lowest BCUT2D eigenvalue weighted by Crippen LogP contribution is -2.36. The van der Waals surface area contributed by atoms with Crippen molar-refractivity contribution in [3.05, 3.63) is 42.2 Å². The highest BCUT2D eigenvalue weighted by Crippen LogP contribution is 2.44. The first-order valence-corrected chi connectivity index (χ1v) is 7.41. The van der Waals surface area contributed by atoms with Gasteiger partial charge in [-0.2, -0.15) is 0 Å². The fourth-order valence-electron chi connectivity index (χ4n) is 3.40. The molecule has 0 amide bonds. The topological polar surface area (TPSA) is 42.4 Å². The molecule has 0 radical (unpaired) electrons. The maximum absolute atomic E-state index is 10.9. The molecular formula is C17H21NO2. The minimum Gasteiger partial charge on any atom is -0.385 e. The summed E-state index contributed by atoms with van der Waals surface area (Å²) < 4.78 is 5.98. The summed E-state index contributed by atoms with van der Waals surface area (Å²) in [5, 5.41) is 13.1. The van der Waals surface area contributed by atoms with Crippen molar-refractivity contribution in [2.24, 2.45) is 0 Å². The lowest BCUT2D eigenvalue weighted by Gasteiger charge is -2.34. The Balaban J connectivity index is 2.05. The van der Waals surface area contributed by atoms with E-state index in [1.165, 1.54) is 0 Å². The number of pyridine rings is 1. The molecule has 2 aromatic rings. The molecule has 106 valence electrons. The largest absolute Gasteiger partial charge is 0.385 e. The number of fused-ring (bicyclic) bond motifs is 1. The van der Waals surface area contributed by atoms with Crippen molar-refractivity contribution >= 4 is 10.8 Å². The summed E-state index contributed by atoms with van der Waals surface area (Å²) in [4.78, 5) is 4.28. The van der Waals surface area contributed by atoms with Gasteiger partial charge in [-0.25, -0.2) is 0 Å². The van der Waals surface area contributed by atoms with Crippen LogP contribution in [0.1, 0.15) is 44.3 Å². The second-order valence-corrected chi connectivity index (χ2v) is 5.56. The van der Waals surface area contributed by atoms with E-state index >= 15 is 0 Å². The van der Waals surface area contributed by atoms with E-state index < -0.39 is 11.7 Å². The Morgan fingerprint density at radius 3 is 2.75 bits per heavy atom. The standard InChI is InChI=1S/C17H21NO2/c1-2-20-17(9-5-6-10-17)16(19)15-12-18-11-13-7-3-4-8-14(13)15/h3-4,7-8,11-12,16,19H,2,5-6,9-10H2,1H3. The molecule has 0 aliphatic heterocycles. The van der Waals surface area contributed by atoms with Gasteiger partial charge < -0.3 is 9.84 Å². The lowest BCUT2D eigenvalue weighted by atomic mass is 9.88. The van der Waals surface area contributed by atoms with E-state index in [1.54, 1.807) is 6.20 Å². The second kappa shape index (κ2) is 5.51. The Morgan fingerprint density at radius 2 is 2.00 bits per heavy atom. The summed E-state index contributed by atoms with van der Waals surface area (Å²) in [7, 11) is 0. The minimum atomic E-state index is -0.608. The van der Waals surface area contributed by atoms with E-state index in [4.69, 9.17) is 4.74 Å². The first kappa shape index (κ1) is 13.5. The normalized spacial score (nSPS) is 19.3. The van der Waals surface area contributed by atoms with Gasteiger partial charge in [0.1, 0.15) is 6.10 Å². The Labute approximate surface area is 119 Å². The maximum atomic E-state index is 10.9. The highest BCUT2D eigenvalue weighted by Gasteiger charge is 2.42. The highest BCUT2D eigenvalue weighted by atomic mass is 16.5. The predicted octanol–water partition coefficient (Wildman–Crippen LogP) is 3.62. The summed E-state index contributed by atoms with van der Waals surface area (Å²) >= 11 is 0. The molecule has 1 aromatic carbocycles. The summed E-state index contributed by atoms with van der Waals surface area (Å²) in [6.45, 7) is 2.63. The summed E-state index contributed by atoms with van der Waals surface area (Å²) in [6, 6.07) is 8.07. The molecule has 0 spiro atoms. The first-order chi connectivity index (χ1) is 9.77. The number of aliphatic hydroxyl groups excluding tert-OH is 1. The fraction of sp³-hybridized carbons (Fsp3) is 0.471. The number of aliphatic hydroxyl groups is 1. The van der Waals surface area contributed by atoms with Crippen LogP contribution in [-0.2, 0) is 4.74 Å². The van der Waals surface area contributed by atoms with Crippen LogP contribution in [0.3, 0.4) is 0 Å². The molecule has 3 nitrogen and oxygen atoms in total. The van der Waals surface area contributed by atoms with Gasteiger partial charge in [0.15, 0.2) is 0 Å². The van der Waals surface area contributed by atoms with E-state index in [-0.39, 0.29) is 0 Å². The molecule has 1 atom stereocenters. The lowest BCUT2D eigenvalue weighted by molar-refractivity contribution is -0.118. The van der Waals surface area contributed by atoms with Gasteiger partial charge in [0.25, 0.3) is 0 Å². The van der Waals surface area contributed by atoms with Gasteiger partial charge in [0.05, 0.1) is 5.60 Å². The molecule has 1 fully saturated rings. The summed E-state index contributed by atoms with van der Waals surface area (Å²) in [6.07, 6.45) is 7.10. The van der Waals surface area contributed by atoms with Gasteiger partial charge in [-0.05, 0) is 25.2 Å². The summed E-state index contributed by atoms with van der Waals surface area (Å²) in [5.41, 5.74) is 0.457. The monoisotopic (exact) mass is 271 g/mol. The highest BCUT2D eigenvalue weighted by molar-refractivity contribution is 5.85. The third-order valence-electron chi connectivity index (χ3n) is 4.37. The molecule has 1 aliphatic rings. The SMILES string of the molecule is CCOC1(C(O)c2cncc3ccccc23)CCCC1. The number of ether oxygens (including phenoxy) is 1. The van der Waals surface area contributed by atoms with Crippen molar-refractivity contribution in [2.45, 2.75) is 44.3 Å². The third-order valence-corrected chi connectivity index (χ3v) is 4.37. The molecule has 1 aromatic heterocycles. The van der Waals surface area contributed by atoms with Crippen molar-refractivity contribution in [2.75, 3.05) is 6.61 Å². The number of hydrogen-bond donors (Lipinski definition) is 1. The van der Waals surface area contributed by atoms with Crippen molar-refractivity contribution < 1.29 is 9.84 Å². The van der Waals surface area contributed by atoms with Crippen LogP contribution in [0.4, 0.5) is 0 Å². The molecule has 1 saturated carbocycles. The molecule has 1 aliphatic carbocycles. The van der Waals surface area contributed by atoms with Crippen LogP contribution in [0.2, 0.25) is 0 Å². The Morgan fingerprint density at radius 1 is 1.25 bits per heavy atom. The van der Waals surface area contributed by atoms with Crippen molar-refractivity contribution in [3.8, 4) is 0 Å². The molecule has 1 unspecified atom stereocenters. The minimum absolute atomic E-state index is 0.430. The Kier molecular flexibility index (Phi) is 3.72. The van der Waals surface area contributed by atoms with E-state index in [9.17, 15) is 5.11 Å². The predicted molar refractivity (Wildman–Crippen MR) is 79.5 cm³/mol. The Bertz CT molecular complexity index is 585. The number of nitrogens with zero attached hydrogens (tertiary/aromatic N) is 1. The number of benzene rings is 1. The van der Waals surface area contributed by atoms with Gasteiger partial charge in [0, 0.05) is 30.0 Å². The first-order valence-electron chi connectivity index (χ1n) is 7.41. The maximum Gasteiger partial charge on any atom is 0.110 e. The van der Waals surface area contributed by atoms with E-state index in [0.29, 0.717) is 6.61 Å². The molecule has 0 bridgehead atoms. The van der Waals surface area contributed by atoms with E-state index in [2.05, 4.69) is 4.98 Å². The van der Waals surface area contributed by atoms with Gasteiger partial charge >= 0.3 is 0 Å². The molecule has 0 saturated heterocycles. The van der Waals surface area contributed by atoms with Crippen LogP contribution in [0.25, 0.3) is 10.8 Å². The third kappa shape index (κ3) is 2.21. The second-order valence-electron chi connectivity index (χ2n) is 5.56. The van der Waals surface area contributed by atoms with E-state index in [0.717, 1.165) is 42.0 Å². The average molecular weight is 271 g/mol. The molecule has 3 heteroatoms. The van der Waals surface area contributed by atoms with Gasteiger partial charge in [-0.3, -0.25) is 4.98 Å². The molecule has 3 rings (SSSR count). The average Bonchev–Trinajstić information content (AvgIpc) is 2.96. The summed E-state index contributed by atoms with van der Waals surface area (Å²) in [5.74, 6) is 0. The molecule has 1 heterocycles. The van der Waals surface area contributed by atoms with Crippen LogP contribution in [-0.4, -0.2) is 22.3 Å². The zero-order chi connectivity index (χ0) is 14.0. The quantitative estimate of drug-likeness (QED) is 0.923. The van der Waals surface area contributed by atoms with Crippen molar-refractivity contribution in [1.82, 2.24) is 4.98 Å². The number of rotatable bonds is 4. The zero-order valence-corrected chi connectivity index (χ0v) is 11.9. The van der Waals surface area contributed by atoms with Gasteiger partial charge in [-0.1, -0.05) is 37.1 Å². The van der Waals surface area contributed by atoms with Gasteiger partial charge in [-0.15, -0.1) is 0 Å². The van der Waals surface area contributed by atoms with Gasteiger partial charge in [0.2, 0.25) is 0 Å². The fourth-order valence-corrected chi connectivity index (χ4v) is 3.40. The van der Waals surface area contributed by atoms with Crippen LogP contribution >= 0.6 is 0 Å². The molecule has 1 N–H and O–H groups in total. The van der Waals surface area contributed by atoms with Crippen LogP contribution < -0.4 is 0 Å². The van der Waals surface area contributed by atoms with E-state index in [1.807, 2.05) is 37.4 Å². The number of aromatic nitrogens is 1. The number of hydrogen-bond acceptors (Lipinski definition) is 3. The zero-order valence-electron chi connectivity index (χ0n) is 11.9. The van der Waals surface area contributed by atoms with Crippen molar-refractivity contribution in [1.29, 1.82) is 0 Å². The smallest absolute Gasteiger partial charge is 0.110 e. The molecule has 20 heavy (non-hydrogen) atoms. The van der Waals surface area contributed by atoms with Crippen molar-refractivity contribution in [3.63, 3.8) is 0 Å². The van der Waals surface area contributed by atoms with Crippen LogP contribution in [0.15, 0.2) is 36.7 Å². The molecular weight excluding hydrogens is 250 g/mol. The van der Waals surface area contributed by atoms with Crippen LogP contribution in [0, 0.1) is 0 Å². The Hall–Kier alpha value is -1.45. The van der Waals surface area contributed by atoms with Crippen LogP contribution in [0.5, 0.6) is 0 Å².